The fourth-order valence-electron chi connectivity index (χ4n) is 2.62. The van der Waals surface area contributed by atoms with Crippen LogP contribution in [0, 0.1) is 0 Å². The number of carbonyl (C=O) groups is 3. The van der Waals surface area contributed by atoms with Crippen LogP contribution in [0.2, 0.25) is 0 Å². The van der Waals surface area contributed by atoms with Gasteiger partial charge in [-0.05, 0) is 6.07 Å². The monoisotopic (exact) mass is 290 g/mol. The molecule has 0 aliphatic carbocycles. The average molecular weight is 290 g/mol. The number of anilines is 1. The SMILES string of the molecule is CC(=O)Nc1ccccc1C1(OC(C)=O)CCN(C)C1=O. The van der Waals surface area contributed by atoms with Crippen molar-refractivity contribution in [3.8, 4) is 0 Å². The van der Waals surface area contributed by atoms with Gasteiger partial charge in [0.15, 0.2) is 0 Å². The lowest BCUT2D eigenvalue weighted by Crippen LogP contribution is -2.40. The van der Waals surface area contributed by atoms with Crippen molar-refractivity contribution in [3.05, 3.63) is 29.8 Å². The lowest BCUT2D eigenvalue weighted by atomic mass is 9.90. The van der Waals surface area contributed by atoms with Crippen LogP contribution in [0.25, 0.3) is 0 Å². The first-order valence-corrected chi connectivity index (χ1v) is 6.69. The summed E-state index contributed by atoms with van der Waals surface area (Å²) in [5, 5.41) is 2.68. The molecule has 1 fully saturated rings. The minimum atomic E-state index is -1.36. The molecule has 1 aliphatic rings. The molecule has 1 N–H and O–H groups in total. The van der Waals surface area contributed by atoms with Gasteiger partial charge in [-0.2, -0.15) is 0 Å². The van der Waals surface area contributed by atoms with E-state index in [-0.39, 0.29) is 11.8 Å². The number of rotatable bonds is 3. The Kier molecular flexibility index (Phi) is 3.97. The summed E-state index contributed by atoms with van der Waals surface area (Å²) in [7, 11) is 1.66. The molecule has 0 bridgehead atoms. The molecule has 0 aromatic heterocycles. The number of amides is 2. The predicted octanol–water partition coefficient (Wildman–Crippen LogP) is 1.27. The Hall–Kier alpha value is -2.37. The molecule has 6 nitrogen and oxygen atoms in total. The van der Waals surface area contributed by atoms with Crippen molar-refractivity contribution >= 4 is 23.5 Å². The Morgan fingerprint density at radius 2 is 1.95 bits per heavy atom. The number of nitrogens with zero attached hydrogens (tertiary/aromatic N) is 1. The minimum absolute atomic E-state index is 0.251. The number of para-hydroxylation sites is 1. The molecule has 1 aromatic rings. The normalized spacial score (nSPS) is 21.3. The molecule has 1 saturated heterocycles. The summed E-state index contributed by atoms with van der Waals surface area (Å²) in [6.07, 6.45) is 0.360. The molecular formula is C15H18N2O4. The van der Waals surface area contributed by atoms with Crippen molar-refractivity contribution in [1.29, 1.82) is 0 Å². The quantitative estimate of drug-likeness (QED) is 0.850. The maximum absolute atomic E-state index is 12.5. The van der Waals surface area contributed by atoms with Crippen LogP contribution < -0.4 is 5.32 Å². The van der Waals surface area contributed by atoms with E-state index in [2.05, 4.69) is 5.32 Å². The van der Waals surface area contributed by atoms with E-state index in [4.69, 9.17) is 4.74 Å². The van der Waals surface area contributed by atoms with E-state index in [9.17, 15) is 14.4 Å². The van der Waals surface area contributed by atoms with Crippen LogP contribution in [0.5, 0.6) is 0 Å². The molecule has 112 valence electrons. The van der Waals surface area contributed by atoms with Crippen molar-refractivity contribution in [3.63, 3.8) is 0 Å². The zero-order chi connectivity index (χ0) is 15.6. The smallest absolute Gasteiger partial charge is 0.304 e. The van der Waals surface area contributed by atoms with Crippen molar-refractivity contribution in [2.75, 3.05) is 18.9 Å². The zero-order valence-corrected chi connectivity index (χ0v) is 12.3. The summed E-state index contributed by atoms with van der Waals surface area (Å²) in [4.78, 5) is 36.9. The number of likely N-dealkylation sites (tertiary alicyclic amines) is 1. The van der Waals surface area contributed by atoms with Crippen LogP contribution in [0.1, 0.15) is 25.8 Å². The van der Waals surface area contributed by atoms with Gasteiger partial charge in [0.25, 0.3) is 5.91 Å². The molecule has 1 aliphatic heterocycles. The lowest BCUT2D eigenvalue weighted by molar-refractivity contribution is -0.167. The third-order valence-corrected chi connectivity index (χ3v) is 3.48. The molecule has 1 atom stereocenters. The summed E-state index contributed by atoms with van der Waals surface area (Å²) in [5.74, 6) is -1.06. The Morgan fingerprint density at radius 1 is 1.29 bits per heavy atom. The summed E-state index contributed by atoms with van der Waals surface area (Å²) < 4.78 is 5.41. The van der Waals surface area contributed by atoms with E-state index >= 15 is 0 Å². The second kappa shape index (κ2) is 5.55. The van der Waals surface area contributed by atoms with Gasteiger partial charge < -0.3 is 15.0 Å². The molecule has 2 rings (SSSR count). The van der Waals surface area contributed by atoms with Gasteiger partial charge in [0.05, 0.1) is 0 Å². The fourth-order valence-corrected chi connectivity index (χ4v) is 2.62. The second-order valence-electron chi connectivity index (χ2n) is 5.12. The first kappa shape index (κ1) is 15.0. The molecule has 0 saturated carbocycles. The number of esters is 1. The van der Waals surface area contributed by atoms with Gasteiger partial charge in [0.2, 0.25) is 11.5 Å². The molecule has 0 radical (unpaired) electrons. The zero-order valence-electron chi connectivity index (χ0n) is 12.3. The van der Waals surface area contributed by atoms with E-state index in [0.717, 1.165) is 0 Å². The highest BCUT2D eigenvalue weighted by Crippen LogP contribution is 2.40. The van der Waals surface area contributed by atoms with Gasteiger partial charge in [-0.25, -0.2) is 0 Å². The van der Waals surface area contributed by atoms with E-state index in [1.54, 1.807) is 31.3 Å². The first-order chi connectivity index (χ1) is 9.86. The van der Waals surface area contributed by atoms with E-state index in [0.29, 0.717) is 24.2 Å². The highest BCUT2D eigenvalue weighted by molar-refractivity contribution is 5.95. The van der Waals surface area contributed by atoms with Crippen molar-refractivity contribution in [1.82, 2.24) is 4.90 Å². The molecular weight excluding hydrogens is 272 g/mol. The maximum atomic E-state index is 12.5. The number of hydrogen-bond donors (Lipinski definition) is 1. The standard InChI is InChI=1S/C15H18N2O4/c1-10(18)16-13-7-5-4-6-12(13)15(21-11(2)19)8-9-17(3)14(15)20/h4-7H,8-9H2,1-3H3,(H,16,18). The molecule has 1 heterocycles. The first-order valence-electron chi connectivity index (χ1n) is 6.69. The number of nitrogens with one attached hydrogen (secondary N) is 1. The van der Waals surface area contributed by atoms with Crippen LogP contribution in [0.3, 0.4) is 0 Å². The highest BCUT2D eigenvalue weighted by atomic mass is 16.6. The van der Waals surface area contributed by atoms with E-state index < -0.39 is 11.6 Å². The minimum Gasteiger partial charge on any atom is -0.444 e. The van der Waals surface area contributed by atoms with Gasteiger partial charge >= 0.3 is 5.97 Å². The topological polar surface area (TPSA) is 75.7 Å². The predicted molar refractivity (Wildman–Crippen MR) is 76.4 cm³/mol. The number of carbonyl (C=O) groups excluding carboxylic acids is 3. The third-order valence-electron chi connectivity index (χ3n) is 3.48. The summed E-state index contributed by atoms with van der Waals surface area (Å²) in [6.45, 7) is 3.15. The van der Waals surface area contributed by atoms with Gasteiger partial charge in [0, 0.05) is 45.1 Å². The van der Waals surface area contributed by atoms with Crippen LogP contribution in [-0.2, 0) is 24.7 Å². The van der Waals surface area contributed by atoms with Crippen molar-refractivity contribution in [2.24, 2.45) is 0 Å². The van der Waals surface area contributed by atoms with Crippen LogP contribution in [0.4, 0.5) is 5.69 Å². The Morgan fingerprint density at radius 3 is 2.48 bits per heavy atom. The van der Waals surface area contributed by atoms with E-state index in [1.807, 2.05) is 0 Å². The molecule has 6 heteroatoms. The van der Waals surface area contributed by atoms with Crippen molar-refractivity contribution in [2.45, 2.75) is 25.9 Å². The molecule has 2 amide bonds. The lowest BCUT2D eigenvalue weighted by Gasteiger charge is -2.29. The summed E-state index contributed by atoms with van der Waals surface area (Å²) in [5.41, 5.74) is -0.376. The third kappa shape index (κ3) is 2.74. The van der Waals surface area contributed by atoms with Crippen LogP contribution in [-0.4, -0.2) is 36.3 Å². The Bertz CT molecular complexity index is 599. The number of likely N-dealkylation sites (N-methyl/N-ethyl adjacent to an activating group) is 1. The van der Waals surface area contributed by atoms with Gasteiger partial charge in [-0.1, -0.05) is 18.2 Å². The highest BCUT2D eigenvalue weighted by Gasteiger charge is 2.51. The number of benzene rings is 1. The summed E-state index contributed by atoms with van der Waals surface area (Å²) in [6, 6.07) is 6.88. The maximum Gasteiger partial charge on any atom is 0.304 e. The van der Waals surface area contributed by atoms with Crippen LogP contribution in [0.15, 0.2) is 24.3 Å². The Balaban J connectivity index is 2.55. The van der Waals surface area contributed by atoms with Gasteiger partial charge in [-0.3, -0.25) is 14.4 Å². The number of hydrogen-bond acceptors (Lipinski definition) is 4. The van der Waals surface area contributed by atoms with Gasteiger partial charge in [0.1, 0.15) is 0 Å². The van der Waals surface area contributed by atoms with Gasteiger partial charge in [-0.15, -0.1) is 0 Å². The molecule has 1 aromatic carbocycles. The fraction of sp³-hybridized carbons (Fsp3) is 0.400. The molecule has 0 spiro atoms. The Labute approximate surface area is 123 Å². The van der Waals surface area contributed by atoms with E-state index in [1.165, 1.54) is 18.7 Å². The largest absolute Gasteiger partial charge is 0.444 e. The molecule has 21 heavy (non-hydrogen) atoms. The van der Waals surface area contributed by atoms with Crippen molar-refractivity contribution < 1.29 is 19.1 Å². The second-order valence-corrected chi connectivity index (χ2v) is 5.12. The molecule has 1 unspecified atom stereocenters. The average Bonchev–Trinajstić information content (AvgIpc) is 2.67. The summed E-state index contributed by atoms with van der Waals surface area (Å²) >= 11 is 0. The van der Waals surface area contributed by atoms with Crippen LogP contribution >= 0.6 is 0 Å². The number of ether oxygens (including phenoxy) is 1.